The van der Waals surface area contributed by atoms with Gasteiger partial charge >= 0.3 is 0 Å². The summed E-state index contributed by atoms with van der Waals surface area (Å²) in [6.45, 7) is 2.45. The first-order chi connectivity index (χ1) is 13.5. The van der Waals surface area contributed by atoms with Gasteiger partial charge in [0.2, 0.25) is 11.4 Å². The van der Waals surface area contributed by atoms with Crippen LogP contribution >= 0.6 is 0 Å². The highest BCUT2D eigenvalue weighted by Crippen LogP contribution is 2.38. The van der Waals surface area contributed by atoms with Crippen molar-refractivity contribution in [3.63, 3.8) is 0 Å². The lowest BCUT2D eigenvalue weighted by Gasteiger charge is -2.14. The van der Waals surface area contributed by atoms with Gasteiger partial charge in [-0.2, -0.15) is 0 Å². The summed E-state index contributed by atoms with van der Waals surface area (Å²) < 4.78 is 18.1. The van der Waals surface area contributed by atoms with Gasteiger partial charge in [-0.25, -0.2) is 4.57 Å². The molecule has 1 aromatic heterocycles. The number of carbonyl (C=O) groups excluding carboxylic acids is 1. The summed E-state index contributed by atoms with van der Waals surface area (Å²) in [6.07, 6.45) is 0. The molecule has 1 heterocycles. The van der Waals surface area contributed by atoms with Crippen molar-refractivity contribution in [1.29, 1.82) is 0 Å². The Labute approximate surface area is 164 Å². The van der Waals surface area contributed by atoms with Crippen LogP contribution < -0.4 is 24.1 Å². The molecule has 0 aliphatic carbocycles. The molecule has 0 atom stereocenters. The summed E-state index contributed by atoms with van der Waals surface area (Å²) in [4.78, 5) is 12.8. The number of rotatable bonds is 6. The zero-order valence-corrected chi connectivity index (χ0v) is 16.8. The van der Waals surface area contributed by atoms with Crippen LogP contribution in [0.25, 0.3) is 10.8 Å². The van der Waals surface area contributed by atoms with Crippen molar-refractivity contribution < 1.29 is 23.6 Å². The van der Waals surface area contributed by atoms with Crippen LogP contribution in [0.15, 0.2) is 42.5 Å². The Morgan fingerprint density at radius 1 is 1.00 bits per heavy atom. The second-order valence-electron chi connectivity index (χ2n) is 6.48. The Morgan fingerprint density at radius 3 is 2.25 bits per heavy atom. The lowest BCUT2D eigenvalue weighted by molar-refractivity contribution is -0.683. The van der Waals surface area contributed by atoms with Crippen LogP contribution in [0.4, 0.5) is 0 Å². The van der Waals surface area contributed by atoms with E-state index in [1.54, 1.807) is 12.1 Å². The third-order valence-electron chi connectivity index (χ3n) is 4.91. The molecule has 146 valence electrons. The Hall–Kier alpha value is -3.28. The van der Waals surface area contributed by atoms with E-state index in [9.17, 15) is 4.79 Å². The molecule has 0 bridgehead atoms. The van der Waals surface area contributed by atoms with Crippen molar-refractivity contribution in [2.75, 3.05) is 21.3 Å². The molecule has 3 rings (SSSR count). The van der Waals surface area contributed by atoms with E-state index in [1.165, 1.54) is 21.3 Å². The van der Waals surface area contributed by atoms with Crippen molar-refractivity contribution >= 4 is 16.7 Å². The largest absolute Gasteiger partial charge is 0.493 e. The average molecular weight is 381 g/mol. The van der Waals surface area contributed by atoms with Gasteiger partial charge in [-0.15, -0.1) is 0 Å². The molecule has 1 N–H and O–H groups in total. The van der Waals surface area contributed by atoms with Crippen LogP contribution in [0.1, 0.15) is 21.7 Å². The van der Waals surface area contributed by atoms with E-state index in [0.29, 0.717) is 29.4 Å². The Morgan fingerprint density at radius 2 is 1.64 bits per heavy atom. The number of ether oxygens (including phenoxy) is 3. The predicted octanol–water partition coefficient (Wildman–Crippen LogP) is 2.93. The summed E-state index contributed by atoms with van der Waals surface area (Å²) in [5, 5.41) is 5.26. The number of pyridine rings is 1. The van der Waals surface area contributed by atoms with Crippen LogP contribution in [0.2, 0.25) is 0 Å². The van der Waals surface area contributed by atoms with Crippen LogP contribution in [-0.4, -0.2) is 27.2 Å². The number of amides is 1. The van der Waals surface area contributed by atoms with Crippen LogP contribution in [-0.2, 0) is 13.6 Å². The maximum absolute atomic E-state index is 12.8. The molecule has 2 aromatic carbocycles. The van der Waals surface area contributed by atoms with E-state index in [0.717, 1.165) is 22.2 Å². The van der Waals surface area contributed by atoms with Gasteiger partial charge in [-0.1, -0.05) is 18.2 Å². The lowest BCUT2D eigenvalue weighted by Crippen LogP contribution is -2.40. The molecule has 0 unspecified atom stereocenters. The molecule has 0 spiro atoms. The number of hydrogen-bond donors (Lipinski definition) is 1. The Bertz CT molecular complexity index is 1010. The van der Waals surface area contributed by atoms with Gasteiger partial charge in [0.05, 0.1) is 26.7 Å². The fraction of sp³-hybridized carbons (Fsp3) is 0.273. The molecule has 1 amide bonds. The Balaban J connectivity index is 1.91. The van der Waals surface area contributed by atoms with E-state index < -0.39 is 0 Å². The molecular formula is C22H25N2O4+. The Kier molecular flexibility index (Phi) is 5.68. The number of aryl methyl sites for hydroxylation is 1. The molecule has 0 saturated carbocycles. The zero-order valence-electron chi connectivity index (χ0n) is 16.8. The second kappa shape index (κ2) is 8.17. The SMILES string of the molecule is COc1cc(C(=O)NCc2c3ccccc3cc(C)[n+]2C)cc(OC)c1OC. The van der Waals surface area contributed by atoms with Gasteiger partial charge < -0.3 is 19.5 Å². The van der Waals surface area contributed by atoms with Gasteiger partial charge in [-0.05, 0) is 23.6 Å². The molecule has 0 fully saturated rings. The highest BCUT2D eigenvalue weighted by molar-refractivity contribution is 5.96. The summed E-state index contributed by atoms with van der Waals surface area (Å²) >= 11 is 0. The first-order valence-electron chi connectivity index (χ1n) is 8.95. The molecule has 0 aliphatic heterocycles. The standard InChI is InChI=1S/C22H24N2O4/c1-14-10-15-8-6-7-9-17(15)18(24(14)2)13-23-22(25)16-11-19(26-3)21(28-5)20(12-16)27-4/h6-12H,13H2,1-5H3/p+1. The molecule has 3 aromatic rings. The van der Waals surface area contributed by atoms with E-state index in [4.69, 9.17) is 14.2 Å². The zero-order chi connectivity index (χ0) is 20.3. The smallest absolute Gasteiger partial charge is 0.252 e. The van der Waals surface area contributed by atoms with Gasteiger partial charge in [-0.3, -0.25) is 4.79 Å². The molecule has 6 nitrogen and oxygen atoms in total. The topological polar surface area (TPSA) is 60.7 Å². The summed E-state index contributed by atoms with van der Waals surface area (Å²) in [7, 11) is 6.58. The van der Waals surface area contributed by atoms with Crippen molar-refractivity contribution in [1.82, 2.24) is 5.32 Å². The van der Waals surface area contributed by atoms with Gasteiger partial charge in [0.1, 0.15) is 13.6 Å². The number of methoxy groups -OCH3 is 3. The number of hydrogen-bond acceptors (Lipinski definition) is 4. The lowest BCUT2D eigenvalue weighted by atomic mass is 10.1. The minimum absolute atomic E-state index is 0.218. The third-order valence-corrected chi connectivity index (χ3v) is 4.91. The van der Waals surface area contributed by atoms with E-state index in [1.807, 2.05) is 19.2 Å². The maximum Gasteiger partial charge on any atom is 0.252 e. The highest BCUT2D eigenvalue weighted by atomic mass is 16.5. The molecule has 6 heteroatoms. The third kappa shape index (κ3) is 3.58. The fourth-order valence-corrected chi connectivity index (χ4v) is 3.29. The monoisotopic (exact) mass is 381 g/mol. The fourth-order valence-electron chi connectivity index (χ4n) is 3.29. The maximum atomic E-state index is 12.8. The molecular weight excluding hydrogens is 356 g/mol. The molecule has 0 aliphatic rings. The van der Waals surface area contributed by atoms with Crippen molar-refractivity contribution in [2.24, 2.45) is 7.05 Å². The number of benzene rings is 2. The average Bonchev–Trinajstić information content (AvgIpc) is 2.72. The number of nitrogens with zero attached hydrogens (tertiary/aromatic N) is 1. The normalized spacial score (nSPS) is 10.6. The van der Waals surface area contributed by atoms with Crippen molar-refractivity contribution in [3.8, 4) is 17.2 Å². The van der Waals surface area contributed by atoms with Crippen LogP contribution in [0, 0.1) is 6.92 Å². The van der Waals surface area contributed by atoms with Crippen LogP contribution in [0.3, 0.4) is 0 Å². The number of fused-ring (bicyclic) bond motifs is 1. The van der Waals surface area contributed by atoms with E-state index in [2.05, 4.69) is 35.0 Å². The quantitative estimate of drug-likeness (QED) is 0.667. The first-order valence-corrected chi connectivity index (χ1v) is 8.95. The molecule has 0 radical (unpaired) electrons. The summed E-state index contributed by atoms with van der Waals surface area (Å²) in [5.41, 5.74) is 2.60. The minimum atomic E-state index is -0.218. The summed E-state index contributed by atoms with van der Waals surface area (Å²) in [6, 6.07) is 13.6. The van der Waals surface area contributed by atoms with E-state index >= 15 is 0 Å². The highest BCUT2D eigenvalue weighted by Gasteiger charge is 2.19. The van der Waals surface area contributed by atoms with Crippen LogP contribution in [0.5, 0.6) is 17.2 Å². The first kappa shape index (κ1) is 19.5. The van der Waals surface area contributed by atoms with Crippen molar-refractivity contribution in [2.45, 2.75) is 13.5 Å². The van der Waals surface area contributed by atoms with Gasteiger partial charge in [0.25, 0.3) is 5.91 Å². The number of nitrogens with one attached hydrogen (secondary N) is 1. The predicted molar refractivity (Wildman–Crippen MR) is 107 cm³/mol. The molecule has 0 saturated heterocycles. The van der Waals surface area contributed by atoms with E-state index in [-0.39, 0.29) is 5.91 Å². The summed E-state index contributed by atoms with van der Waals surface area (Å²) in [5.74, 6) is 1.12. The number of aromatic nitrogens is 1. The van der Waals surface area contributed by atoms with Crippen molar-refractivity contribution in [3.05, 3.63) is 59.4 Å². The van der Waals surface area contributed by atoms with Gasteiger partial charge in [0.15, 0.2) is 17.2 Å². The van der Waals surface area contributed by atoms with Gasteiger partial charge in [0, 0.05) is 18.6 Å². The molecule has 28 heavy (non-hydrogen) atoms. The number of carbonyl (C=O) groups is 1. The minimum Gasteiger partial charge on any atom is -0.493 e. The second-order valence-corrected chi connectivity index (χ2v) is 6.48.